The van der Waals surface area contributed by atoms with Gasteiger partial charge in [-0.25, -0.2) is 4.39 Å². The Morgan fingerprint density at radius 3 is 2.43 bits per heavy atom. The van der Waals surface area contributed by atoms with E-state index in [-0.39, 0.29) is 22.0 Å². The van der Waals surface area contributed by atoms with Crippen LogP contribution in [0.5, 0.6) is 5.75 Å². The van der Waals surface area contributed by atoms with Crippen LogP contribution in [0.4, 0.5) is 18.9 Å². The van der Waals surface area contributed by atoms with E-state index >= 15 is 0 Å². The number of halogens is 4. The van der Waals surface area contributed by atoms with Crippen molar-refractivity contribution >= 4 is 23.2 Å². The van der Waals surface area contributed by atoms with Crippen LogP contribution in [0.1, 0.15) is 10.4 Å². The van der Waals surface area contributed by atoms with Crippen molar-refractivity contribution in [3.8, 4) is 5.75 Å². The average molecular weight is 316 g/mol. The van der Waals surface area contributed by atoms with Crippen LogP contribution in [0, 0.1) is 5.82 Å². The van der Waals surface area contributed by atoms with Gasteiger partial charge in [0.15, 0.2) is 5.82 Å². The number of ether oxygens (including phenoxy) is 1. The monoisotopic (exact) mass is 315 g/mol. The minimum Gasteiger partial charge on any atom is -0.435 e. The van der Waals surface area contributed by atoms with Crippen molar-refractivity contribution in [3.05, 3.63) is 58.9 Å². The third kappa shape index (κ3) is 3.88. The van der Waals surface area contributed by atoms with Gasteiger partial charge in [-0.15, -0.1) is 0 Å². The third-order valence-corrected chi connectivity index (χ3v) is 2.83. The summed E-state index contributed by atoms with van der Waals surface area (Å²) in [5, 5.41) is 2.22. The molecule has 0 heterocycles. The van der Waals surface area contributed by atoms with Crippen molar-refractivity contribution in [3.63, 3.8) is 0 Å². The molecule has 0 aliphatic heterocycles. The highest BCUT2D eigenvalue weighted by atomic mass is 35.5. The number of rotatable bonds is 4. The van der Waals surface area contributed by atoms with Crippen molar-refractivity contribution in [2.45, 2.75) is 6.61 Å². The van der Waals surface area contributed by atoms with Crippen molar-refractivity contribution in [1.29, 1.82) is 0 Å². The van der Waals surface area contributed by atoms with Gasteiger partial charge in [0.1, 0.15) is 5.75 Å². The molecule has 0 aromatic heterocycles. The summed E-state index contributed by atoms with van der Waals surface area (Å²) in [4.78, 5) is 11.9. The predicted octanol–water partition coefficient (Wildman–Crippen LogP) is 4.33. The minimum atomic E-state index is -2.94. The lowest BCUT2D eigenvalue weighted by Crippen LogP contribution is -2.13. The van der Waals surface area contributed by atoms with Crippen LogP contribution in [0.15, 0.2) is 42.5 Å². The first-order valence-electron chi connectivity index (χ1n) is 5.77. The van der Waals surface area contributed by atoms with E-state index in [1.807, 2.05) is 0 Å². The number of hydrogen-bond acceptors (Lipinski definition) is 2. The molecule has 7 heteroatoms. The fraction of sp³-hybridized carbons (Fsp3) is 0.0714. The molecule has 0 atom stereocenters. The lowest BCUT2D eigenvalue weighted by atomic mass is 10.2. The van der Waals surface area contributed by atoms with Gasteiger partial charge in [0.2, 0.25) is 0 Å². The second-order valence-corrected chi connectivity index (χ2v) is 4.37. The number of nitrogens with one attached hydrogen (secondary N) is 1. The minimum absolute atomic E-state index is 0.0691. The number of anilines is 1. The van der Waals surface area contributed by atoms with Crippen molar-refractivity contribution in [2.24, 2.45) is 0 Å². The lowest BCUT2D eigenvalue weighted by molar-refractivity contribution is -0.0498. The van der Waals surface area contributed by atoms with Crippen molar-refractivity contribution in [2.75, 3.05) is 5.32 Å². The number of benzene rings is 2. The summed E-state index contributed by atoms with van der Waals surface area (Å²) in [6.07, 6.45) is 0. The molecule has 0 bridgehead atoms. The highest BCUT2D eigenvalue weighted by molar-refractivity contribution is 6.31. The van der Waals surface area contributed by atoms with Crippen LogP contribution in [0.2, 0.25) is 5.02 Å². The van der Waals surface area contributed by atoms with E-state index in [0.29, 0.717) is 0 Å². The third-order valence-electron chi connectivity index (χ3n) is 2.54. The molecule has 2 aromatic carbocycles. The molecule has 3 nitrogen and oxygen atoms in total. The molecule has 21 heavy (non-hydrogen) atoms. The smallest absolute Gasteiger partial charge is 0.387 e. The van der Waals surface area contributed by atoms with Crippen LogP contribution in [0.3, 0.4) is 0 Å². The van der Waals surface area contributed by atoms with Crippen molar-refractivity contribution in [1.82, 2.24) is 0 Å². The quantitative estimate of drug-likeness (QED) is 0.912. The molecule has 0 fully saturated rings. The first-order valence-corrected chi connectivity index (χ1v) is 6.15. The van der Waals surface area contributed by atoms with Gasteiger partial charge in [0, 0.05) is 5.56 Å². The zero-order chi connectivity index (χ0) is 15.4. The van der Waals surface area contributed by atoms with Gasteiger partial charge in [-0.1, -0.05) is 17.7 Å². The molecule has 1 amide bonds. The van der Waals surface area contributed by atoms with Gasteiger partial charge in [-0.3, -0.25) is 4.79 Å². The highest BCUT2D eigenvalue weighted by Gasteiger charge is 2.12. The maximum atomic E-state index is 13.6. The maximum Gasteiger partial charge on any atom is 0.387 e. The number of amides is 1. The topological polar surface area (TPSA) is 38.3 Å². The molecule has 110 valence electrons. The van der Waals surface area contributed by atoms with E-state index < -0.39 is 18.3 Å². The Morgan fingerprint density at radius 2 is 1.81 bits per heavy atom. The Hall–Kier alpha value is -2.21. The normalized spacial score (nSPS) is 10.5. The summed E-state index contributed by atoms with van der Waals surface area (Å²) < 4.78 is 41.8. The van der Waals surface area contributed by atoms with Gasteiger partial charge in [-0.2, -0.15) is 8.78 Å². The summed E-state index contributed by atoms with van der Waals surface area (Å²) in [5.74, 6) is -1.42. The summed E-state index contributed by atoms with van der Waals surface area (Å²) in [6.45, 7) is -2.94. The predicted molar refractivity (Wildman–Crippen MR) is 72.4 cm³/mol. The SMILES string of the molecule is O=C(Nc1cccc(Cl)c1F)c1ccc(OC(F)F)cc1. The molecular weight excluding hydrogens is 307 g/mol. The van der Waals surface area contributed by atoms with E-state index in [4.69, 9.17) is 11.6 Å². The molecule has 0 unspecified atom stereocenters. The van der Waals surface area contributed by atoms with Crippen molar-refractivity contribution < 1.29 is 22.7 Å². The van der Waals surface area contributed by atoms with E-state index in [2.05, 4.69) is 10.1 Å². The molecule has 0 radical (unpaired) electrons. The summed E-state index contributed by atoms with van der Waals surface area (Å²) in [7, 11) is 0. The first-order chi connectivity index (χ1) is 9.97. The Labute approximate surface area is 123 Å². The molecule has 0 saturated carbocycles. The lowest BCUT2D eigenvalue weighted by Gasteiger charge is -2.08. The zero-order valence-corrected chi connectivity index (χ0v) is 11.2. The zero-order valence-electron chi connectivity index (χ0n) is 10.4. The van der Waals surface area contributed by atoms with Crippen LogP contribution < -0.4 is 10.1 Å². The van der Waals surface area contributed by atoms with Gasteiger partial charge >= 0.3 is 6.61 Å². The highest BCUT2D eigenvalue weighted by Crippen LogP contribution is 2.23. The second-order valence-electron chi connectivity index (χ2n) is 3.96. The van der Waals surface area contributed by atoms with Gasteiger partial charge in [-0.05, 0) is 36.4 Å². The fourth-order valence-electron chi connectivity index (χ4n) is 1.58. The Bertz CT molecular complexity index is 647. The number of alkyl halides is 2. The standard InChI is InChI=1S/C14H9ClF3NO2/c15-10-2-1-3-11(12(10)16)19-13(20)8-4-6-9(7-5-8)21-14(17)18/h1-7,14H,(H,19,20). The van der Waals surface area contributed by atoms with Crippen LogP contribution in [-0.4, -0.2) is 12.5 Å². The summed E-state index contributed by atoms with van der Waals surface area (Å²) >= 11 is 5.60. The molecule has 2 rings (SSSR count). The van der Waals surface area contributed by atoms with E-state index in [9.17, 15) is 18.0 Å². The van der Waals surface area contributed by atoms with E-state index in [1.165, 1.54) is 42.5 Å². The molecule has 0 spiro atoms. The maximum absolute atomic E-state index is 13.6. The molecule has 0 saturated heterocycles. The van der Waals surface area contributed by atoms with Gasteiger partial charge < -0.3 is 10.1 Å². The van der Waals surface area contributed by atoms with Crippen LogP contribution in [-0.2, 0) is 0 Å². The number of carbonyl (C=O) groups is 1. The number of hydrogen-bond donors (Lipinski definition) is 1. The average Bonchev–Trinajstić information content (AvgIpc) is 2.44. The summed E-state index contributed by atoms with van der Waals surface area (Å²) in [5.41, 5.74) is 0.0939. The van der Waals surface area contributed by atoms with Crippen LogP contribution >= 0.6 is 11.6 Å². The summed E-state index contributed by atoms with van der Waals surface area (Å²) in [6, 6.07) is 9.20. The molecule has 2 aromatic rings. The second kappa shape index (κ2) is 6.49. The van der Waals surface area contributed by atoms with Crippen LogP contribution in [0.25, 0.3) is 0 Å². The van der Waals surface area contributed by atoms with Gasteiger partial charge in [0.25, 0.3) is 5.91 Å². The van der Waals surface area contributed by atoms with Gasteiger partial charge in [0.05, 0.1) is 10.7 Å². The Morgan fingerprint density at radius 1 is 1.14 bits per heavy atom. The largest absolute Gasteiger partial charge is 0.435 e. The number of carbonyl (C=O) groups excluding carboxylic acids is 1. The van der Waals surface area contributed by atoms with E-state index in [1.54, 1.807) is 0 Å². The molecule has 0 aliphatic carbocycles. The Balaban J connectivity index is 2.11. The Kier molecular flexibility index (Phi) is 4.70. The first kappa shape index (κ1) is 15.2. The molecule has 1 N–H and O–H groups in total. The fourth-order valence-corrected chi connectivity index (χ4v) is 1.76. The van der Waals surface area contributed by atoms with E-state index in [0.717, 1.165) is 0 Å². The molecule has 0 aliphatic rings. The molecular formula is C14H9ClF3NO2.